The molecule has 7 heteroatoms. The van der Waals surface area contributed by atoms with Crippen molar-refractivity contribution in [3.8, 4) is 0 Å². The van der Waals surface area contributed by atoms with Crippen molar-refractivity contribution in [1.82, 2.24) is 20.2 Å². The van der Waals surface area contributed by atoms with Gasteiger partial charge in [0, 0.05) is 12.7 Å². The maximum atomic E-state index is 11.5. The monoisotopic (exact) mass is 275 g/mol. The van der Waals surface area contributed by atoms with Crippen LogP contribution in [0, 0.1) is 0 Å². The van der Waals surface area contributed by atoms with Gasteiger partial charge in [0.25, 0.3) is 0 Å². The first-order valence-electron chi connectivity index (χ1n) is 6.37. The summed E-state index contributed by atoms with van der Waals surface area (Å²) in [6.07, 6.45) is 0. The molecule has 0 aliphatic heterocycles. The minimum absolute atomic E-state index is 0.0266. The molecule has 7 nitrogen and oxygen atoms in total. The van der Waals surface area contributed by atoms with Gasteiger partial charge < -0.3 is 9.64 Å². The molecule has 1 aromatic heterocycles. The highest BCUT2D eigenvalue weighted by molar-refractivity contribution is 5.69. The number of hydrogen-bond acceptors (Lipinski definition) is 6. The van der Waals surface area contributed by atoms with Crippen molar-refractivity contribution in [2.24, 2.45) is 0 Å². The summed E-state index contributed by atoms with van der Waals surface area (Å²) in [6, 6.07) is 9.89. The molecule has 0 unspecified atom stereocenters. The first-order valence-corrected chi connectivity index (χ1v) is 6.37. The highest BCUT2D eigenvalue weighted by Gasteiger charge is 2.13. The Hall–Kier alpha value is -2.44. The number of carbonyl (C=O) groups excluding carboxylic acids is 1. The third-order valence-corrected chi connectivity index (χ3v) is 2.77. The normalized spacial score (nSPS) is 10.3. The fourth-order valence-electron chi connectivity index (χ4n) is 1.77. The number of tetrazole rings is 1. The summed E-state index contributed by atoms with van der Waals surface area (Å²) in [6.45, 7) is 2.65. The molecule has 0 aliphatic carbocycles. The van der Waals surface area contributed by atoms with Gasteiger partial charge in [0.05, 0.1) is 13.2 Å². The van der Waals surface area contributed by atoms with Gasteiger partial charge in [-0.1, -0.05) is 18.2 Å². The smallest absolute Gasteiger partial charge is 0.327 e. The van der Waals surface area contributed by atoms with Gasteiger partial charge >= 0.3 is 5.97 Å². The van der Waals surface area contributed by atoms with Crippen molar-refractivity contribution < 1.29 is 9.53 Å². The Morgan fingerprint density at radius 1 is 1.35 bits per heavy atom. The van der Waals surface area contributed by atoms with Crippen molar-refractivity contribution in [1.29, 1.82) is 0 Å². The summed E-state index contributed by atoms with van der Waals surface area (Å²) in [4.78, 5) is 13.5. The predicted molar refractivity (Wildman–Crippen MR) is 73.0 cm³/mol. The minimum atomic E-state index is -0.344. The summed E-state index contributed by atoms with van der Waals surface area (Å²) in [7, 11) is 1.94. The topological polar surface area (TPSA) is 73.1 Å². The third-order valence-electron chi connectivity index (χ3n) is 2.77. The highest BCUT2D eigenvalue weighted by atomic mass is 16.5. The molecule has 0 bridgehead atoms. The van der Waals surface area contributed by atoms with Gasteiger partial charge in [-0.25, -0.2) is 4.68 Å². The molecule has 0 atom stereocenters. The molecule has 1 heterocycles. The van der Waals surface area contributed by atoms with Gasteiger partial charge in [-0.3, -0.25) is 4.79 Å². The third kappa shape index (κ3) is 3.53. The van der Waals surface area contributed by atoms with Crippen LogP contribution in [0.25, 0.3) is 0 Å². The number of nitrogens with zero attached hydrogens (tertiary/aromatic N) is 5. The predicted octanol–water partition coefficient (Wildman–Crippen LogP) is 0.873. The van der Waals surface area contributed by atoms with Crippen LogP contribution in [0.1, 0.15) is 12.7 Å². The zero-order valence-electron chi connectivity index (χ0n) is 11.6. The van der Waals surface area contributed by atoms with E-state index in [0.717, 1.165) is 5.69 Å². The quantitative estimate of drug-likeness (QED) is 0.728. The van der Waals surface area contributed by atoms with Crippen LogP contribution >= 0.6 is 0 Å². The molecular weight excluding hydrogens is 258 g/mol. The average Bonchev–Trinajstić information content (AvgIpc) is 2.87. The Labute approximate surface area is 117 Å². The number of ether oxygens (including phenoxy) is 1. The maximum Gasteiger partial charge on any atom is 0.327 e. The summed E-state index contributed by atoms with van der Waals surface area (Å²) in [5, 5.41) is 11.4. The Bertz CT molecular complexity index is 555. The van der Waals surface area contributed by atoms with Gasteiger partial charge in [-0.05, 0) is 29.5 Å². The standard InChI is InChI=1S/C13H17N5O2/c1-3-20-13(19)10-18-12(14-15-16-18)9-17(2)11-7-5-4-6-8-11/h4-8H,3,9-10H2,1-2H3. The van der Waals surface area contributed by atoms with Crippen LogP contribution in [0.5, 0.6) is 0 Å². The SMILES string of the molecule is CCOC(=O)Cn1nnnc1CN(C)c1ccccc1. The van der Waals surface area contributed by atoms with E-state index < -0.39 is 0 Å². The second-order valence-corrected chi connectivity index (χ2v) is 4.25. The lowest BCUT2D eigenvalue weighted by Crippen LogP contribution is -2.22. The zero-order chi connectivity index (χ0) is 14.4. The van der Waals surface area contributed by atoms with Crippen molar-refractivity contribution >= 4 is 11.7 Å². The molecule has 20 heavy (non-hydrogen) atoms. The Morgan fingerprint density at radius 3 is 2.80 bits per heavy atom. The molecular formula is C13H17N5O2. The number of hydrogen-bond donors (Lipinski definition) is 0. The van der Waals surface area contributed by atoms with Gasteiger partial charge in [-0.2, -0.15) is 0 Å². The van der Waals surface area contributed by atoms with E-state index in [1.165, 1.54) is 4.68 Å². The van der Waals surface area contributed by atoms with Crippen LogP contribution in [-0.4, -0.2) is 39.8 Å². The van der Waals surface area contributed by atoms with Crippen LogP contribution in [0.2, 0.25) is 0 Å². The molecule has 0 spiro atoms. The molecule has 0 saturated heterocycles. The second kappa shape index (κ2) is 6.65. The van der Waals surface area contributed by atoms with Crippen LogP contribution < -0.4 is 4.90 Å². The fourth-order valence-corrected chi connectivity index (χ4v) is 1.77. The molecule has 0 fully saturated rings. The molecule has 1 aromatic carbocycles. The van der Waals surface area contributed by atoms with Crippen LogP contribution in [0.3, 0.4) is 0 Å². The van der Waals surface area contributed by atoms with Gasteiger partial charge in [0.2, 0.25) is 0 Å². The van der Waals surface area contributed by atoms with Crippen LogP contribution in [0.4, 0.5) is 5.69 Å². The Balaban J connectivity index is 2.03. The lowest BCUT2D eigenvalue weighted by Gasteiger charge is -2.18. The van der Waals surface area contributed by atoms with E-state index in [4.69, 9.17) is 4.74 Å². The number of aromatic nitrogens is 4. The van der Waals surface area contributed by atoms with E-state index in [9.17, 15) is 4.79 Å². The fraction of sp³-hybridized carbons (Fsp3) is 0.385. The van der Waals surface area contributed by atoms with Crippen molar-refractivity contribution in [2.45, 2.75) is 20.0 Å². The maximum absolute atomic E-state index is 11.5. The molecule has 2 rings (SSSR count). The summed E-state index contributed by atoms with van der Waals surface area (Å²) >= 11 is 0. The van der Waals surface area contributed by atoms with Crippen molar-refractivity contribution in [3.05, 3.63) is 36.2 Å². The van der Waals surface area contributed by atoms with E-state index in [1.54, 1.807) is 6.92 Å². The summed E-state index contributed by atoms with van der Waals surface area (Å²) in [5.74, 6) is 0.271. The van der Waals surface area contributed by atoms with Crippen LogP contribution in [-0.2, 0) is 22.6 Å². The number of anilines is 1. The largest absolute Gasteiger partial charge is 0.465 e. The van der Waals surface area contributed by atoms with E-state index in [2.05, 4.69) is 15.5 Å². The van der Waals surface area contributed by atoms with E-state index in [-0.39, 0.29) is 12.5 Å². The number of para-hydroxylation sites is 1. The highest BCUT2D eigenvalue weighted by Crippen LogP contribution is 2.13. The van der Waals surface area contributed by atoms with Crippen molar-refractivity contribution in [2.75, 3.05) is 18.6 Å². The lowest BCUT2D eigenvalue weighted by atomic mass is 10.3. The van der Waals surface area contributed by atoms with Crippen molar-refractivity contribution in [3.63, 3.8) is 0 Å². The molecule has 0 N–H and O–H groups in total. The number of esters is 1. The average molecular weight is 275 g/mol. The molecule has 0 aliphatic rings. The second-order valence-electron chi connectivity index (χ2n) is 4.25. The number of benzene rings is 1. The summed E-state index contributed by atoms with van der Waals surface area (Å²) in [5.41, 5.74) is 1.05. The first-order chi connectivity index (χ1) is 9.70. The van der Waals surface area contributed by atoms with Crippen LogP contribution in [0.15, 0.2) is 30.3 Å². The Kier molecular flexibility index (Phi) is 4.65. The first kappa shape index (κ1) is 14.0. The minimum Gasteiger partial charge on any atom is -0.465 e. The molecule has 2 aromatic rings. The van der Waals surface area contributed by atoms with Gasteiger partial charge in [0.15, 0.2) is 5.82 Å². The molecule has 106 valence electrons. The number of rotatable bonds is 6. The van der Waals surface area contributed by atoms with E-state index >= 15 is 0 Å². The zero-order valence-corrected chi connectivity index (χ0v) is 11.6. The van der Waals surface area contributed by atoms with Gasteiger partial charge in [-0.15, -0.1) is 5.10 Å². The molecule has 0 saturated carbocycles. The Morgan fingerprint density at radius 2 is 2.10 bits per heavy atom. The number of carbonyl (C=O) groups is 1. The van der Waals surface area contributed by atoms with E-state index in [1.807, 2.05) is 42.3 Å². The van der Waals surface area contributed by atoms with E-state index in [0.29, 0.717) is 19.0 Å². The van der Waals surface area contributed by atoms with Gasteiger partial charge in [0.1, 0.15) is 6.54 Å². The summed E-state index contributed by atoms with van der Waals surface area (Å²) < 4.78 is 6.35. The molecule has 0 amide bonds. The lowest BCUT2D eigenvalue weighted by molar-refractivity contribution is -0.144. The molecule has 0 radical (unpaired) electrons.